The van der Waals surface area contributed by atoms with Gasteiger partial charge in [-0.05, 0) is 32.4 Å². The third kappa shape index (κ3) is 3.37. The Balaban J connectivity index is 2.25. The van der Waals surface area contributed by atoms with Crippen molar-refractivity contribution < 1.29 is 4.74 Å². The number of hydrogen-bond acceptors (Lipinski definition) is 6. The van der Waals surface area contributed by atoms with Crippen LogP contribution in [0.3, 0.4) is 0 Å². The van der Waals surface area contributed by atoms with Crippen molar-refractivity contribution in [2.24, 2.45) is 10.9 Å². The lowest BCUT2D eigenvalue weighted by molar-refractivity contribution is 0.407. The number of benzene rings is 1. The van der Waals surface area contributed by atoms with E-state index in [1.165, 1.54) is 0 Å². The second kappa shape index (κ2) is 7.73. The molecule has 0 saturated heterocycles. The van der Waals surface area contributed by atoms with Gasteiger partial charge in [-0.25, -0.2) is 4.98 Å². The Kier molecular flexibility index (Phi) is 5.39. The van der Waals surface area contributed by atoms with Crippen molar-refractivity contribution in [3.05, 3.63) is 51.1 Å². The van der Waals surface area contributed by atoms with Gasteiger partial charge in [-0.1, -0.05) is 13.0 Å². The van der Waals surface area contributed by atoms with Gasteiger partial charge in [0, 0.05) is 33.8 Å². The normalized spacial score (nSPS) is 19.3. The molecule has 0 amide bonds. The Morgan fingerprint density at radius 3 is 2.63 bits per heavy atom. The van der Waals surface area contributed by atoms with Gasteiger partial charge in [0.05, 0.1) is 36.4 Å². The standard InChI is InChI=1S/C21H20N4OS/c1-5-15-11-27-21(25-15)19-13(3)24-12(2)17(10-23)20(19)16-7-6-14(9-22)8-18(16)26-4/h6-8,11,17,20H,5H2,1-4H3. The molecule has 0 saturated carbocycles. The van der Waals surface area contributed by atoms with Gasteiger partial charge < -0.3 is 4.74 Å². The second-order valence-corrected chi connectivity index (χ2v) is 7.26. The van der Waals surface area contributed by atoms with Gasteiger partial charge in [0.15, 0.2) is 0 Å². The molecule has 2 aromatic rings. The molecule has 2 heterocycles. The molecule has 2 unspecified atom stereocenters. The van der Waals surface area contributed by atoms with E-state index in [9.17, 15) is 10.5 Å². The van der Waals surface area contributed by atoms with Crippen molar-refractivity contribution in [3.8, 4) is 17.9 Å². The van der Waals surface area contributed by atoms with E-state index in [0.717, 1.165) is 39.7 Å². The van der Waals surface area contributed by atoms with Crippen LogP contribution in [0.1, 0.15) is 48.5 Å². The first-order valence-corrected chi connectivity index (χ1v) is 9.60. The Morgan fingerprint density at radius 2 is 2.04 bits per heavy atom. The molecule has 2 atom stereocenters. The lowest BCUT2D eigenvalue weighted by Crippen LogP contribution is -2.25. The van der Waals surface area contributed by atoms with Crippen molar-refractivity contribution in [2.75, 3.05) is 7.11 Å². The highest BCUT2D eigenvalue weighted by Gasteiger charge is 2.37. The van der Waals surface area contributed by atoms with Crippen LogP contribution in [-0.4, -0.2) is 17.8 Å². The summed E-state index contributed by atoms with van der Waals surface area (Å²) in [7, 11) is 1.58. The van der Waals surface area contributed by atoms with E-state index >= 15 is 0 Å². The molecule has 1 aromatic heterocycles. The quantitative estimate of drug-likeness (QED) is 0.773. The number of aryl methyl sites for hydroxylation is 1. The molecule has 0 fully saturated rings. The number of aromatic nitrogens is 1. The first-order valence-electron chi connectivity index (χ1n) is 8.72. The van der Waals surface area contributed by atoms with Crippen LogP contribution in [0.4, 0.5) is 0 Å². The molecule has 136 valence electrons. The van der Waals surface area contributed by atoms with Crippen LogP contribution in [0.2, 0.25) is 0 Å². The van der Waals surface area contributed by atoms with Crippen LogP contribution >= 0.6 is 11.3 Å². The molecular formula is C21H20N4OS. The summed E-state index contributed by atoms with van der Waals surface area (Å²) in [6, 6.07) is 9.92. The Hall–Kier alpha value is -2.96. The monoisotopic (exact) mass is 376 g/mol. The van der Waals surface area contributed by atoms with Crippen molar-refractivity contribution in [1.29, 1.82) is 10.5 Å². The van der Waals surface area contributed by atoms with Gasteiger partial charge in [0.25, 0.3) is 0 Å². The van der Waals surface area contributed by atoms with Crippen LogP contribution < -0.4 is 4.74 Å². The fourth-order valence-corrected chi connectivity index (χ4v) is 4.49. The second-order valence-electron chi connectivity index (χ2n) is 6.40. The van der Waals surface area contributed by atoms with Gasteiger partial charge >= 0.3 is 0 Å². The summed E-state index contributed by atoms with van der Waals surface area (Å²) in [4.78, 5) is 9.39. The first kappa shape index (κ1) is 18.8. The van der Waals surface area contributed by atoms with E-state index < -0.39 is 5.92 Å². The largest absolute Gasteiger partial charge is 0.496 e. The lowest BCUT2D eigenvalue weighted by atomic mass is 9.76. The maximum atomic E-state index is 9.90. The molecule has 3 rings (SSSR count). The highest BCUT2D eigenvalue weighted by atomic mass is 32.1. The number of rotatable bonds is 4. The lowest BCUT2D eigenvalue weighted by Gasteiger charge is -2.30. The maximum absolute atomic E-state index is 9.90. The third-order valence-corrected chi connectivity index (χ3v) is 5.73. The number of methoxy groups -OCH3 is 1. The topological polar surface area (TPSA) is 82.1 Å². The number of thiazole rings is 1. The number of nitrogens with zero attached hydrogens (tertiary/aromatic N) is 4. The van der Waals surface area contributed by atoms with E-state index in [0.29, 0.717) is 11.3 Å². The van der Waals surface area contributed by atoms with Crippen molar-refractivity contribution >= 4 is 22.6 Å². The van der Waals surface area contributed by atoms with Gasteiger partial charge in [-0.3, -0.25) is 4.99 Å². The molecule has 27 heavy (non-hydrogen) atoms. The van der Waals surface area contributed by atoms with Crippen molar-refractivity contribution in [3.63, 3.8) is 0 Å². The Bertz CT molecular complexity index is 1020. The summed E-state index contributed by atoms with van der Waals surface area (Å²) in [5.74, 6) is -0.0582. The van der Waals surface area contributed by atoms with Crippen LogP contribution in [-0.2, 0) is 6.42 Å². The van der Waals surface area contributed by atoms with Crippen molar-refractivity contribution in [1.82, 2.24) is 4.98 Å². The molecule has 0 N–H and O–H groups in total. The smallest absolute Gasteiger partial charge is 0.124 e. The summed E-state index contributed by atoms with van der Waals surface area (Å²) in [6.07, 6.45) is 0.859. The fourth-order valence-electron chi connectivity index (χ4n) is 3.45. The Labute approximate surface area is 163 Å². The van der Waals surface area contributed by atoms with Crippen LogP contribution in [0, 0.1) is 28.6 Å². The molecular weight excluding hydrogens is 356 g/mol. The third-order valence-electron chi connectivity index (χ3n) is 4.81. The van der Waals surface area contributed by atoms with Gasteiger partial charge in [-0.15, -0.1) is 11.3 Å². The van der Waals surface area contributed by atoms with Crippen LogP contribution in [0.25, 0.3) is 5.57 Å². The minimum absolute atomic E-state index is 0.244. The molecule has 1 aromatic carbocycles. The predicted molar refractivity (Wildman–Crippen MR) is 107 cm³/mol. The van der Waals surface area contributed by atoms with Gasteiger partial charge in [-0.2, -0.15) is 10.5 Å². The molecule has 1 aliphatic heterocycles. The molecule has 1 aliphatic rings. The zero-order valence-corrected chi connectivity index (χ0v) is 16.6. The highest BCUT2D eigenvalue weighted by Crippen LogP contribution is 2.47. The van der Waals surface area contributed by atoms with E-state index in [-0.39, 0.29) is 5.92 Å². The zero-order valence-electron chi connectivity index (χ0n) is 15.8. The van der Waals surface area contributed by atoms with E-state index in [4.69, 9.17) is 9.72 Å². The number of hydrogen-bond donors (Lipinski definition) is 0. The number of allylic oxidation sites excluding steroid dienone is 2. The molecule has 6 heteroatoms. The number of aliphatic imine (C=N–C) groups is 1. The molecule has 5 nitrogen and oxygen atoms in total. The summed E-state index contributed by atoms with van der Waals surface area (Å²) in [6.45, 7) is 5.92. The average Bonchev–Trinajstić information content (AvgIpc) is 3.15. The van der Waals surface area contributed by atoms with Crippen LogP contribution in [0.5, 0.6) is 5.75 Å². The predicted octanol–water partition coefficient (Wildman–Crippen LogP) is 4.71. The minimum atomic E-state index is -0.417. The number of nitriles is 2. The number of ether oxygens (including phenoxy) is 1. The summed E-state index contributed by atoms with van der Waals surface area (Å²) < 4.78 is 5.57. The highest BCUT2D eigenvalue weighted by molar-refractivity contribution is 7.10. The van der Waals surface area contributed by atoms with E-state index in [1.807, 2.05) is 19.9 Å². The summed E-state index contributed by atoms with van der Waals surface area (Å²) >= 11 is 1.58. The molecule has 0 radical (unpaired) electrons. The van der Waals surface area contributed by atoms with Gasteiger partial charge in [0.2, 0.25) is 0 Å². The van der Waals surface area contributed by atoms with E-state index in [2.05, 4.69) is 29.4 Å². The Morgan fingerprint density at radius 1 is 1.26 bits per heavy atom. The minimum Gasteiger partial charge on any atom is -0.496 e. The van der Waals surface area contributed by atoms with Crippen LogP contribution in [0.15, 0.2) is 34.3 Å². The maximum Gasteiger partial charge on any atom is 0.124 e. The zero-order chi connectivity index (χ0) is 19.6. The molecule has 0 spiro atoms. The molecule has 0 bridgehead atoms. The van der Waals surface area contributed by atoms with E-state index in [1.54, 1.807) is 30.6 Å². The first-order chi connectivity index (χ1) is 13.0. The summed E-state index contributed by atoms with van der Waals surface area (Å²) in [5.41, 5.74) is 5.03. The molecule has 0 aliphatic carbocycles. The van der Waals surface area contributed by atoms with Crippen molar-refractivity contribution in [2.45, 2.75) is 33.1 Å². The fraction of sp³-hybridized carbons (Fsp3) is 0.333. The summed E-state index contributed by atoms with van der Waals surface area (Å²) in [5, 5.41) is 22.0. The average molecular weight is 376 g/mol. The van der Waals surface area contributed by atoms with Gasteiger partial charge in [0.1, 0.15) is 10.8 Å². The SMILES string of the molecule is CCc1csc(C2=C(C)N=C(C)C(C#N)C2c2ccc(C#N)cc2OC)n1.